The molecule has 2 atom stereocenters. The Hall–Kier alpha value is -0.0400. The molecule has 3 aliphatic rings. The number of ether oxygens (including phenoxy) is 1. The predicted molar refractivity (Wildman–Crippen MR) is 42.8 cm³/mol. The van der Waals surface area contributed by atoms with Crippen LogP contribution in [-0.2, 0) is 4.74 Å². The van der Waals surface area contributed by atoms with Crippen LogP contribution in [0.2, 0.25) is 0 Å². The third-order valence-corrected chi connectivity index (χ3v) is 4.63. The summed E-state index contributed by atoms with van der Waals surface area (Å²) < 4.78 is 5.53. The maximum absolute atomic E-state index is 5.53. The van der Waals surface area contributed by atoms with Gasteiger partial charge in [-0.15, -0.1) is 0 Å². The molecule has 2 saturated carbocycles. The van der Waals surface area contributed by atoms with Crippen molar-refractivity contribution < 1.29 is 4.74 Å². The summed E-state index contributed by atoms with van der Waals surface area (Å²) in [4.78, 5) is 0. The summed E-state index contributed by atoms with van der Waals surface area (Å²) in [6.07, 6.45) is 5.56. The van der Waals surface area contributed by atoms with Crippen LogP contribution in [0.25, 0.3) is 0 Å². The van der Waals surface area contributed by atoms with Crippen molar-refractivity contribution in [3.8, 4) is 0 Å². The molecule has 61 valence electrons. The summed E-state index contributed by atoms with van der Waals surface area (Å²) >= 11 is 0. The Morgan fingerprint density at radius 3 is 2.55 bits per heavy atom. The molecule has 1 nitrogen and oxygen atoms in total. The molecule has 1 heterocycles. The minimum atomic E-state index is 0.539. The van der Waals surface area contributed by atoms with Gasteiger partial charge in [0, 0.05) is 5.41 Å². The van der Waals surface area contributed by atoms with Crippen molar-refractivity contribution in [2.24, 2.45) is 16.7 Å². The van der Waals surface area contributed by atoms with Gasteiger partial charge in [0.25, 0.3) is 0 Å². The van der Waals surface area contributed by atoms with Gasteiger partial charge in [-0.25, -0.2) is 0 Å². The molecule has 2 unspecified atom stereocenters. The average Bonchev–Trinajstić information content (AvgIpc) is 2.22. The maximum Gasteiger partial charge on any atom is 0.106 e. The Balaban J connectivity index is 2.09. The molecular weight excluding hydrogens is 136 g/mol. The van der Waals surface area contributed by atoms with Crippen LogP contribution in [0.15, 0.2) is 0 Å². The van der Waals surface area contributed by atoms with Gasteiger partial charge in [0.15, 0.2) is 0 Å². The van der Waals surface area contributed by atoms with Crippen LogP contribution in [-0.4, -0.2) is 6.61 Å². The summed E-state index contributed by atoms with van der Waals surface area (Å²) in [6, 6.07) is 0. The first-order chi connectivity index (χ1) is 5.17. The summed E-state index contributed by atoms with van der Waals surface area (Å²) in [7, 11) is 0. The molecular formula is C10H15O. The summed E-state index contributed by atoms with van der Waals surface area (Å²) in [5.74, 6) is 0.931. The van der Waals surface area contributed by atoms with Crippen molar-refractivity contribution in [1.82, 2.24) is 0 Å². The topological polar surface area (TPSA) is 9.23 Å². The van der Waals surface area contributed by atoms with Crippen molar-refractivity contribution in [3.05, 3.63) is 6.10 Å². The SMILES string of the molecule is CC1(C)C2CCC13CO[C]3C2. The van der Waals surface area contributed by atoms with Gasteiger partial charge in [0.05, 0.1) is 6.61 Å². The fourth-order valence-electron chi connectivity index (χ4n) is 3.44. The van der Waals surface area contributed by atoms with E-state index in [1.165, 1.54) is 25.4 Å². The van der Waals surface area contributed by atoms with Crippen molar-refractivity contribution in [2.45, 2.75) is 33.1 Å². The molecule has 3 fully saturated rings. The second kappa shape index (κ2) is 1.52. The molecule has 0 aromatic rings. The minimum Gasteiger partial charge on any atom is -0.371 e. The van der Waals surface area contributed by atoms with E-state index in [0.717, 1.165) is 12.5 Å². The van der Waals surface area contributed by atoms with Gasteiger partial charge < -0.3 is 4.74 Å². The highest BCUT2D eigenvalue weighted by Gasteiger charge is 2.69. The van der Waals surface area contributed by atoms with E-state index in [9.17, 15) is 0 Å². The monoisotopic (exact) mass is 151 g/mol. The molecule has 0 amide bonds. The Labute approximate surface area is 68.1 Å². The fraction of sp³-hybridized carbons (Fsp3) is 0.900. The largest absolute Gasteiger partial charge is 0.371 e. The van der Waals surface area contributed by atoms with Gasteiger partial charge >= 0.3 is 0 Å². The number of hydrogen-bond acceptors (Lipinski definition) is 1. The highest BCUT2D eigenvalue weighted by molar-refractivity contribution is 5.26. The molecule has 1 aliphatic heterocycles. The maximum atomic E-state index is 5.53. The first kappa shape index (κ1) is 6.47. The second-order valence-electron chi connectivity index (χ2n) is 4.96. The Morgan fingerprint density at radius 1 is 1.45 bits per heavy atom. The zero-order valence-electron chi connectivity index (χ0n) is 7.31. The second-order valence-corrected chi connectivity index (χ2v) is 4.96. The van der Waals surface area contributed by atoms with Gasteiger partial charge in [0.2, 0.25) is 0 Å². The zero-order valence-corrected chi connectivity index (χ0v) is 7.31. The van der Waals surface area contributed by atoms with Crippen molar-refractivity contribution in [3.63, 3.8) is 0 Å². The Kier molecular flexibility index (Phi) is 0.893. The van der Waals surface area contributed by atoms with E-state index >= 15 is 0 Å². The summed E-state index contributed by atoms with van der Waals surface area (Å²) in [6.45, 7) is 5.88. The van der Waals surface area contributed by atoms with E-state index in [0.29, 0.717) is 10.8 Å². The standard InChI is InChI=1S/C10H15O/c1-9(2)7-3-4-10(9)6-11-8(10)5-7/h7H,3-6H2,1-2H3. The molecule has 0 aromatic carbocycles. The quantitative estimate of drug-likeness (QED) is 0.516. The van der Waals surface area contributed by atoms with E-state index < -0.39 is 0 Å². The molecule has 2 aliphatic carbocycles. The average molecular weight is 151 g/mol. The van der Waals surface area contributed by atoms with Crippen LogP contribution in [0, 0.1) is 22.9 Å². The number of fused-ring (bicyclic) bond motifs is 1. The number of hydrogen-bond donors (Lipinski definition) is 0. The molecule has 11 heavy (non-hydrogen) atoms. The minimum absolute atomic E-state index is 0.539. The highest BCUT2D eigenvalue weighted by Crippen LogP contribution is 2.73. The molecule has 0 aromatic heterocycles. The summed E-state index contributed by atoms with van der Waals surface area (Å²) in [5.41, 5.74) is 1.10. The third-order valence-electron chi connectivity index (χ3n) is 4.63. The Bertz CT molecular complexity index is 209. The molecule has 1 spiro atoms. The molecule has 1 heteroatoms. The van der Waals surface area contributed by atoms with Crippen LogP contribution < -0.4 is 0 Å². The molecule has 1 radical (unpaired) electrons. The van der Waals surface area contributed by atoms with Gasteiger partial charge in [-0.2, -0.15) is 0 Å². The molecule has 2 bridgehead atoms. The van der Waals surface area contributed by atoms with Gasteiger partial charge in [0.1, 0.15) is 6.10 Å². The molecule has 1 saturated heterocycles. The van der Waals surface area contributed by atoms with Crippen LogP contribution in [0.5, 0.6) is 0 Å². The summed E-state index contributed by atoms with van der Waals surface area (Å²) in [5, 5.41) is 0. The fourth-order valence-corrected chi connectivity index (χ4v) is 3.44. The smallest absolute Gasteiger partial charge is 0.106 e. The van der Waals surface area contributed by atoms with E-state index in [1.54, 1.807) is 0 Å². The Morgan fingerprint density at radius 2 is 2.27 bits per heavy atom. The lowest BCUT2D eigenvalue weighted by molar-refractivity contribution is -0.127. The van der Waals surface area contributed by atoms with Crippen LogP contribution in [0.3, 0.4) is 0 Å². The van der Waals surface area contributed by atoms with E-state index in [1.807, 2.05) is 0 Å². The van der Waals surface area contributed by atoms with Crippen LogP contribution >= 0.6 is 0 Å². The van der Waals surface area contributed by atoms with Crippen LogP contribution in [0.1, 0.15) is 33.1 Å². The van der Waals surface area contributed by atoms with Gasteiger partial charge in [-0.05, 0) is 30.6 Å². The van der Waals surface area contributed by atoms with Crippen molar-refractivity contribution in [2.75, 3.05) is 6.61 Å². The lowest BCUT2D eigenvalue weighted by Crippen LogP contribution is -2.48. The third kappa shape index (κ3) is 0.462. The zero-order chi connectivity index (χ0) is 7.69. The lowest BCUT2D eigenvalue weighted by atomic mass is 9.66. The molecule has 3 rings (SSSR count). The predicted octanol–water partition coefficient (Wildman–Crippen LogP) is 2.37. The van der Waals surface area contributed by atoms with Crippen molar-refractivity contribution >= 4 is 0 Å². The first-order valence-electron chi connectivity index (χ1n) is 4.66. The first-order valence-corrected chi connectivity index (χ1v) is 4.66. The number of rotatable bonds is 0. The van der Waals surface area contributed by atoms with Crippen LogP contribution in [0.4, 0.5) is 0 Å². The van der Waals surface area contributed by atoms with E-state index in [2.05, 4.69) is 13.8 Å². The molecule has 0 N–H and O–H groups in total. The van der Waals surface area contributed by atoms with Gasteiger partial charge in [-0.1, -0.05) is 13.8 Å². The highest BCUT2D eigenvalue weighted by atomic mass is 16.5. The lowest BCUT2D eigenvalue weighted by Gasteiger charge is -2.49. The van der Waals surface area contributed by atoms with Crippen molar-refractivity contribution in [1.29, 1.82) is 0 Å². The van der Waals surface area contributed by atoms with E-state index in [4.69, 9.17) is 4.74 Å². The van der Waals surface area contributed by atoms with Gasteiger partial charge in [-0.3, -0.25) is 0 Å². The normalized spacial score (nSPS) is 52.4. The van der Waals surface area contributed by atoms with E-state index in [-0.39, 0.29) is 0 Å².